The number of amides is 1. The van der Waals surface area contributed by atoms with E-state index in [0.29, 0.717) is 24.4 Å². The van der Waals surface area contributed by atoms with E-state index in [1.54, 1.807) is 18.2 Å². The van der Waals surface area contributed by atoms with Crippen LogP contribution in [0.5, 0.6) is 0 Å². The van der Waals surface area contributed by atoms with E-state index in [-0.39, 0.29) is 30.4 Å². The Balaban J connectivity index is 1.35. The largest absolute Gasteiger partial charge is 0.335 e. The number of rotatable bonds is 6. The van der Waals surface area contributed by atoms with Crippen LogP contribution in [0.2, 0.25) is 0 Å². The molecule has 1 saturated carbocycles. The first-order chi connectivity index (χ1) is 12.6. The van der Waals surface area contributed by atoms with Crippen LogP contribution in [0.1, 0.15) is 37.7 Å². The predicted octanol–water partition coefficient (Wildman–Crippen LogP) is 1.75. The molecule has 0 radical (unpaired) electrons. The van der Waals surface area contributed by atoms with Crippen molar-refractivity contribution >= 4 is 11.7 Å². The number of aliphatic imine (C=N–C) groups is 1. The highest BCUT2D eigenvalue weighted by molar-refractivity contribution is 5.86. The van der Waals surface area contributed by atoms with Gasteiger partial charge in [0.15, 0.2) is 6.23 Å². The van der Waals surface area contributed by atoms with Crippen molar-refractivity contribution in [3.63, 3.8) is 0 Å². The SMILES string of the molecule is N[C@@H](CC(=O)N1CCC[C@H]1C1N=C(C2CC2)NO1)Cc1ccccc1F. The Labute approximate surface area is 152 Å². The fourth-order valence-corrected chi connectivity index (χ4v) is 3.78. The van der Waals surface area contributed by atoms with Crippen LogP contribution in [0.15, 0.2) is 29.3 Å². The zero-order valence-corrected chi connectivity index (χ0v) is 14.7. The average Bonchev–Trinajstić information content (AvgIpc) is 3.16. The normalized spacial score (nSPS) is 26.5. The molecule has 1 amide bonds. The first-order valence-corrected chi connectivity index (χ1v) is 9.39. The molecule has 1 aliphatic carbocycles. The number of hydrogen-bond donors (Lipinski definition) is 2. The number of carbonyl (C=O) groups excluding carboxylic acids is 1. The molecular formula is C19H25FN4O2. The molecule has 0 bridgehead atoms. The van der Waals surface area contributed by atoms with Gasteiger partial charge in [-0.1, -0.05) is 18.2 Å². The second-order valence-corrected chi connectivity index (χ2v) is 7.46. The average molecular weight is 360 g/mol. The Bertz CT molecular complexity index is 707. The summed E-state index contributed by atoms with van der Waals surface area (Å²) in [4.78, 5) is 24.8. The number of likely N-dealkylation sites (tertiary alicyclic amines) is 1. The Morgan fingerprint density at radius 1 is 1.38 bits per heavy atom. The van der Waals surface area contributed by atoms with Gasteiger partial charge in [-0.15, -0.1) is 0 Å². The summed E-state index contributed by atoms with van der Waals surface area (Å²) in [6.07, 6.45) is 4.34. The van der Waals surface area contributed by atoms with E-state index in [2.05, 4.69) is 10.5 Å². The molecule has 3 N–H and O–H groups in total. The van der Waals surface area contributed by atoms with Crippen molar-refractivity contribution in [2.45, 2.75) is 56.8 Å². The lowest BCUT2D eigenvalue weighted by molar-refractivity contribution is -0.135. The van der Waals surface area contributed by atoms with E-state index in [4.69, 9.17) is 10.6 Å². The van der Waals surface area contributed by atoms with Crippen molar-refractivity contribution < 1.29 is 14.0 Å². The van der Waals surface area contributed by atoms with Crippen LogP contribution in [0.4, 0.5) is 4.39 Å². The number of amidine groups is 1. The van der Waals surface area contributed by atoms with Crippen molar-refractivity contribution in [3.05, 3.63) is 35.6 Å². The van der Waals surface area contributed by atoms with E-state index in [9.17, 15) is 9.18 Å². The van der Waals surface area contributed by atoms with Crippen LogP contribution in [0.3, 0.4) is 0 Å². The van der Waals surface area contributed by atoms with Crippen LogP contribution in [-0.2, 0) is 16.1 Å². The van der Waals surface area contributed by atoms with Gasteiger partial charge in [0.1, 0.15) is 11.7 Å². The maximum Gasteiger partial charge on any atom is 0.224 e. The summed E-state index contributed by atoms with van der Waals surface area (Å²) in [5.41, 5.74) is 9.61. The Kier molecular flexibility index (Phi) is 4.91. The molecule has 140 valence electrons. The summed E-state index contributed by atoms with van der Waals surface area (Å²) in [7, 11) is 0. The Hall–Kier alpha value is -1.99. The molecule has 3 atom stereocenters. The zero-order valence-electron chi connectivity index (χ0n) is 14.7. The highest BCUT2D eigenvalue weighted by Crippen LogP contribution is 2.33. The van der Waals surface area contributed by atoms with Gasteiger partial charge in [-0.05, 0) is 43.7 Å². The van der Waals surface area contributed by atoms with Gasteiger partial charge in [0, 0.05) is 24.9 Å². The predicted molar refractivity (Wildman–Crippen MR) is 95.6 cm³/mol. The molecule has 6 nitrogen and oxygen atoms in total. The number of hydrogen-bond acceptors (Lipinski definition) is 5. The van der Waals surface area contributed by atoms with Crippen molar-refractivity contribution in [2.75, 3.05) is 6.54 Å². The van der Waals surface area contributed by atoms with Gasteiger partial charge < -0.3 is 10.6 Å². The molecule has 0 spiro atoms. The van der Waals surface area contributed by atoms with Crippen LogP contribution >= 0.6 is 0 Å². The van der Waals surface area contributed by atoms with E-state index < -0.39 is 6.04 Å². The van der Waals surface area contributed by atoms with Gasteiger partial charge in [-0.2, -0.15) is 0 Å². The maximum absolute atomic E-state index is 13.8. The third kappa shape index (κ3) is 3.73. The molecule has 1 aromatic rings. The quantitative estimate of drug-likeness (QED) is 0.810. The van der Waals surface area contributed by atoms with Crippen molar-refractivity contribution in [1.82, 2.24) is 10.4 Å². The first-order valence-electron chi connectivity index (χ1n) is 9.39. The second-order valence-electron chi connectivity index (χ2n) is 7.46. The van der Waals surface area contributed by atoms with Gasteiger partial charge in [-0.3, -0.25) is 10.3 Å². The molecular weight excluding hydrogens is 335 g/mol. The molecule has 26 heavy (non-hydrogen) atoms. The van der Waals surface area contributed by atoms with Gasteiger partial charge >= 0.3 is 0 Å². The fraction of sp³-hybridized carbons (Fsp3) is 0.579. The highest BCUT2D eigenvalue weighted by atomic mass is 19.1. The van der Waals surface area contributed by atoms with Crippen molar-refractivity contribution in [1.29, 1.82) is 0 Å². The van der Waals surface area contributed by atoms with Crippen LogP contribution in [0.25, 0.3) is 0 Å². The topological polar surface area (TPSA) is 80.0 Å². The summed E-state index contributed by atoms with van der Waals surface area (Å²) in [6, 6.07) is 6.10. The van der Waals surface area contributed by atoms with E-state index in [1.165, 1.54) is 6.07 Å². The zero-order chi connectivity index (χ0) is 18.1. The Morgan fingerprint density at radius 3 is 2.96 bits per heavy atom. The molecule has 1 unspecified atom stereocenters. The monoisotopic (exact) mass is 360 g/mol. The number of benzene rings is 1. The molecule has 0 aromatic heterocycles. The minimum Gasteiger partial charge on any atom is -0.335 e. The number of halogens is 1. The van der Waals surface area contributed by atoms with Crippen molar-refractivity contribution in [2.24, 2.45) is 16.6 Å². The van der Waals surface area contributed by atoms with Gasteiger partial charge in [0.05, 0.1) is 6.04 Å². The summed E-state index contributed by atoms with van der Waals surface area (Å²) in [6.45, 7) is 0.698. The lowest BCUT2D eigenvalue weighted by Gasteiger charge is -2.27. The molecule has 2 heterocycles. The number of nitrogens with two attached hydrogens (primary N) is 1. The standard InChI is InChI=1S/C19H25FN4O2/c20-15-5-2-1-4-13(15)10-14(21)11-17(25)24-9-3-6-16(24)19-22-18(23-26-19)12-7-8-12/h1-2,4-5,12,14,16,19H,3,6-11,21H2,(H,22,23)/t14-,16+,19?/m1/s1. The Morgan fingerprint density at radius 2 is 2.19 bits per heavy atom. The number of nitrogens with zero attached hydrogens (tertiary/aromatic N) is 2. The first kappa shape index (κ1) is 17.4. The second kappa shape index (κ2) is 7.32. The van der Waals surface area contributed by atoms with Crippen LogP contribution in [-0.4, -0.2) is 41.5 Å². The van der Waals surface area contributed by atoms with Crippen LogP contribution < -0.4 is 11.2 Å². The summed E-state index contributed by atoms with van der Waals surface area (Å²) >= 11 is 0. The minimum atomic E-state index is -0.409. The molecule has 7 heteroatoms. The van der Waals surface area contributed by atoms with Crippen LogP contribution in [0, 0.1) is 11.7 Å². The number of hydroxylamine groups is 1. The molecule has 1 saturated heterocycles. The molecule has 3 aliphatic rings. The fourth-order valence-electron chi connectivity index (χ4n) is 3.78. The highest BCUT2D eigenvalue weighted by Gasteiger charge is 2.40. The lowest BCUT2D eigenvalue weighted by Crippen LogP contribution is -2.44. The minimum absolute atomic E-state index is 0.00462. The number of nitrogens with one attached hydrogen (secondary N) is 1. The van der Waals surface area contributed by atoms with E-state index >= 15 is 0 Å². The van der Waals surface area contributed by atoms with E-state index in [1.807, 2.05) is 4.90 Å². The van der Waals surface area contributed by atoms with Gasteiger partial charge in [0.2, 0.25) is 5.91 Å². The molecule has 4 rings (SSSR count). The molecule has 2 fully saturated rings. The molecule has 2 aliphatic heterocycles. The summed E-state index contributed by atoms with van der Waals surface area (Å²) in [5.74, 6) is 1.14. The third-order valence-electron chi connectivity index (χ3n) is 5.34. The molecule has 1 aromatic carbocycles. The van der Waals surface area contributed by atoms with Gasteiger partial charge in [-0.25, -0.2) is 14.2 Å². The third-order valence-corrected chi connectivity index (χ3v) is 5.34. The van der Waals surface area contributed by atoms with Crippen molar-refractivity contribution in [3.8, 4) is 0 Å². The maximum atomic E-state index is 13.8. The lowest BCUT2D eigenvalue weighted by atomic mass is 10.0. The number of carbonyl (C=O) groups is 1. The van der Waals surface area contributed by atoms with Gasteiger partial charge in [0.25, 0.3) is 0 Å². The summed E-state index contributed by atoms with van der Waals surface area (Å²) in [5, 5.41) is 0. The smallest absolute Gasteiger partial charge is 0.224 e. The summed E-state index contributed by atoms with van der Waals surface area (Å²) < 4.78 is 13.8. The van der Waals surface area contributed by atoms with E-state index in [0.717, 1.165) is 31.5 Å².